The molecule has 0 saturated carbocycles. The van der Waals surface area contributed by atoms with Crippen LogP contribution in [0.25, 0.3) is 0 Å². The highest BCUT2D eigenvalue weighted by atomic mass is 16.5. The largest absolute Gasteiger partial charge is 0.497 e. The lowest BCUT2D eigenvalue weighted by Gasteiger charge is -2.44. The second kappa shape index (κ2) is 11.2. The van der Waals surface area contributed by atoms with Crippen molar-refractivity contribution in [3.8, 4) is 11.5 Å². The minimum absolute atomic E-state index is 0.00515. The van der Waals surface area contributed by atoms with Crippen LogP contribution in [0.3, 0.4) is 0 Å². The Kier molecular flexibility index (Phi) is 8.33. The molecule has 0 N–H and O–H groups in total. The van der Waals surface area contributed by atoms with Crippen molar-refractivity contribution < 1.29 is 28.5 Å². The molecule has 1 aromatic carbocycles. The Morgan fingerprint density at radius 2 is 1.73 bits per heavy atom. The lowest BCUT2D eigenvalue weighted by atomic mass is 9.98. The number of benzene rings is 1. The quantitative estimate of drug-likeness (QED) is 0.637. The zero-order chi connectivity index (χ0) is 21.3. The zero-order valence-electron chi connectivity index (χ0n) is 17.9. The van der Waals surface area contributed by atoms with Crippen LogP contribution in [0.2, 0.25) is 0 Å². The van der Waals surface area contributed by atoms with Crippen LogP contribution in [0.15, 0.2) is 24.3 Å². The van der Waals surface area contributed by atoms with Gasteiger partial charge >= 0.3 is 0 Å². The second-order valence-electron chi connectivity index (χ2n) is 7.68. The molecule has 166 valence electrons. The number of hydrogen-bond acceptors (Lipinski definition) is 6. The molecular weight excluding hydrogens is 388 g/mol. The number of hydrogen-bond donors (Lipinski definition) is 0. The third-order valence-corrected chi connectivity index (χ3v) is 5.70. The number of amides is 2. The Balaban J connectivity index is 1.59. The molecule has 1 atom stereocenters. The molecule has 8 heteroatoms. The van der Waals surface area contributed by atoms with Gasteiger partial charge in [-0.05, 0) is 49.9 Å². The molecule has 8 nitrogen and oxygen atoms in total. The molecule has 3 rings (SSSR count). The number of piperidine rings is 1. The molecule has 1 aromatic rings. The molecule has 2 amide bonds. The van der Waals surface area contributed by atoms with E-state index in [1.165, 1.54) is 7.11 Å². The van der Waals surface area contributed by atoms with E-state index in [0.29, 0.717) is 32.1 Å². The van der Waals surface area contributed by atoms with Gasteiger partial charge in [0.2, 0.25) is 5.91 Å². The Morgan fingerprint density at radius 1 is 1.03 bits per heavy atom. The molecule has 0 spiro atoms. The van der Waals surface area contributed by atoms with Crippen LogP contribution in [0.1, 0.15) is 25.7 Å². The van der Waals surface area contributed by atoms with Crippen molar-refractivity contribution in [3.05, 3.63) is 24.3 Å². The zero-order valence-corrected chi connectivity index (χ0v) is 17.9. The third kappa shape index (κ3) is 5.86. The van der Waals surface area contributed by atoms with Gasteiger partial charge in [0.1, 0.15) is 18.1 Å². The van der Waals surface area contributed by atoms with Gasteiger partial charge in [-0.1, -0.05) is 0 Å². The summed E-state index contributed by atoms with van der Waals surface area (Å²) in [5.41, 5.74) is 0. The summed E-state index contributed by atoms with van der Waals surface area (Å²) >= 11 is 0. The van der Waals surface area contributed by atoms with Crippen LogP contribution in [-0.4, -0.2) is 87.4 Å². The molecule has 0 bridgehead atoms. The molecule has 0 aromatic heterocycles. The number of carbonyl (C=O) groups is 2. The van der Waals surface area contributed by atoms with Gasteiger partial charge in [-0.25, -0.2) is 0 Å². The van der Waals surface area contributed by atoms with Crippen molar-refractivity contribution in [3.63, 3.8) is 0 Å². The van der Waals surface area contributed by atoms with Crippen molar-refractivity contribution in [2.24, 2.45) is 0 Å². The number of methoxy groups -OCH3 is 2. The minimum Gasteiger partial charge on any atom is -0.497 e. The average Bonchev–Trinajstić information content (AvgIpc) is 2.79. The van der Waals surface area contributed by atoms with Gasteiger partial charge in [0.25, 0.3) is 5.91 Å². The Hall–Kier alpha value is -2.32. The van der Waals surface area contributed by atoms with E-state index in [-0.39, 0.29) is 37.1 Å². The van der Waals surface area contributed by atoms with Crippen molar-refractivity contribution in [2.45, 2.75) is 37.8 Å². The highest BCUT2D eigenvalue weighted by Gasteiger charge is 2.35. The van der Waals surface area contributed by atoms with E-state index in [0.717, 1.165) is 31.4 Å². The summed E-state index contributed by atoms with van der Waals surface area (Å²) < 4.78 is 21.4. The maximum absolute atomic E-state index is 12.8. The van der Waals surface area contributed by atoms with Crippen LogP contribution in [0, 0.1) is 0 Å². The van der Waals surface area contributed by atoms with Gasteiger partial charge in [0.05, 0.1) is 7.11 Å². The Bertz CT molecular complexity index is 689. The second-order valence-corrected chi connectivity index (χ2v) is 7.68. The normalized spacial score (nSPS) is 19.9. The molecule has 1 unspecified atom stereocenters. The lowest BCUT2D eigenvalue weighted by molar-refractivity contribution is -0.147. The van der Waals surface area contributed by atoms with Crippen LogP contribution < -0.4 is 9.47 Å². The maximum Gasteiger partial charge on any atom is 0.260 e. The SMILES string of the molecule is COCC(=O)N(C1CCOCC1)C1CCCN(C(=O)COc2ccc(OC)cc2)C1. The first kappa shape index (κ1) is 22.4. The van der Waals surface area contributed by atoms with Crippen molar-refractivity contribution in [1.29, 1.82) is 0 Å². The number of carbonyl (C=O) groups excluding carboxylic acids is 2. The summed E-state index contributed by atoms with van der Waals surface area (Å²) in [5.74, 6) is 1.28. The van der Waals surface area contributed by atoms with Gasteiger partial charge in [0.15, 0.2) is 6.61 Å². The van der Waals surface area contributed by atoms with Gasteiger partial charge in [-0.2, -0.15) is 0 Å². The standard InChI is InChI=1S/C22H32N2O6/c1-27-15-22(26)24(17-9-12-29-13-10-17)18-4-3-11-23(14-18)21(25)16-30-20-7-5-19(28-2)6-8-20/h5-8,17-18H,3-4,9-16H2,1-2H3. The highest BCUT2D eigenvalue weighted by molar-refractivity contribution is 5.79. The van der Waals surface area contributed by atoms with E-state index in [1.807, 2.05) is 9.80 Å². The van der Waals surface area contributed by atoms with Crippen LogP contribution >= 0.6 is 0 Å². The topological polar surface area (TPSA) is 77.5 Å². The number of nitrogens with zero attached hydrogens (tertiary/aromatic N) is 2. The van der Waals surface area contributed by atoms with Crippen molar-refractivity contribution in [1.82, 2.24) is 9.80 Å². The van der Waals surface area contributed by atoms with E-state index in [4.69, 9.17) is 18.9 Å². The summed E-state index contributed by atoms with van der Waals surface area (Å²) in [4.78, 5) is 29.3. The van der Waals surface area contributed by atoms with Gasteiger partial charge < -0.3 is 28.7 Å². The minimum atomic E-state index is -0.0679. The van der Waals surface area contributed by atoms with Crippen molar-refractivity contribution in [2.75, 3.05) is 53.7 Å². The van der Waals surface area contributed by atoms with E-state index < -0.39 is 0 Å². The van der Waals surface area contributed by atoms with Gasteiger partial charge in [0, 0.05) is 45.5 Å². The molecule has 0 aliphatic carbocycles. The number of ether oxygens (including phenoxy) is 4. The summed E-state index contributed by atoms with van der Waals surface area (Å²) in [6.45, 7) is 2.56. The molecule has 2 heterocycles. The first-order valence-electron chi connectivity index (χ1n) is 10.5. The summed E-state index contributed by atoms with van der Waals surface area (Å²) in [6.07, 6.45) is 3.38. The van der Waals surface area contributed by atoms with Crippen LogP contribution in [0.4, 0.5) is 0 Å². The van der Waals surface area contributed by atoms with Gasteiger partial charge in [-0.15, -0.1) is 0 Å². The predicted molar refractivity (Wildman–Crippen MR) is 111 cm³/mol. The van der Waals surface area contributed by atoms with E-state index in [9.17, 15) is 9.59 Å². The molecule has 0 radical (unpaired) electrons. The Morgan fingerprint density at radius 3 is 2.40 bits per heavy atom. The average molecular weight is 421 g/mol. The highest BCUT2D eigenvalue weighted by Crippen LogP contribution is 2.24. The maximum atomic E-state index is 12.8. The first-order valence-corrected chi connectivity index (χ1v) is 10.5. The molecule has 2 saturated heterocycles. The van der Waals surface area contributed by atoms with Crippen molar-refractivity contribution >= 4 is 11.8 Å². The summed E-state index contributed by atoms with van der Waals surface area (Å²) in [6, 6.07) is 7.28. The van der Waals surface area contributed by atoms with Crippen LogP contribution in [-0.2, 0) is 19.1 Å². The molecule has 2 aliphatic heterocycles. The summed E-state index contributed by atoms with van der Waals surface area (Å²) in [5, 5.41) is 0. The van der Waals surface area contributed by atoms with E-state index >= 15 is 0 Å². The Labute approximate surface area is 178 Å². The predicted octanol–water partition coefficient (Wildman–Crippen LogP) is 1.72. The summed E-state index contributed by atoms with van der Waals surface area (Å²) in [7, 11) is 3.14. The lowest BCUT2D eigenvalue weighted by Crippen LogP contribution is -2.57. The molecule has 2 aliphatic rings. The number of likely N-dealkylation sites (tertiary alicyclic amines) is 1. The fraction of sp³-hybridized carbons (Fsp3) is 0.636. The molecule has 2 fully saturated rings. The number of rotatable bonds is 8. The fourth-order valence-corrected chi connectivity index (χ4v) is 4.18. The monoisotopic (exact) mass is 420 g/mol. The van der Waals surface area contributed by atoms with E-state index in [1.54, 1.807) is 31.4 Å². The van der Waals surface area contributed by atoms with Gasteiger partial charge in [-0.3, -0.25) is 9.59 Å². The van der Waals surface area contributed by atoms with Crippen LogP contribution in [0.5, 0.6) is 11.5 Å². The fourth-order valence-electron chi connectivity index (χ4n) is 4.18. The van der Waals surface area contributed by atoms with E-state index in [2.05, 4.69) is 0 Å². The molecule has 30 heavy (non-hydrogen) atoms. The smallest absolute Gasteiger partial charge is 0.260 e. The molecular formula is C22H32N2O6. The first-order chi connectivity index (χ1) is 14.6. The third-order valence-electron chi connectivity index (χ3n) is 5.70.